The lowest BCUT2D eigenvalue weighted by atomic mass is 9.82. The summed E-state index contributed by atoms with van der Waals surface area (Å²) in [6, 6.07) is 15.6. The molecule has 3 N–H and O–H groups in total. The molecule has 2 aromatic carbocycles. The number of alkyl halides is 1. The van der Waals surface area contributed by atoms with Crippen LogP contribution in [0.15, 0.2) is 90.2 Å². The third-order valence-electron chi connectivity index (χ3n) is 5.33. The second-order valence-electron chi connectivity index (χ2n) is 7.72. The molecule has 0 amide bonds. The van der Waals surface area contributed by atoms with Crippen molar-refractivity contribution in [1.29, 1.82) is 5.41 Å². The average molecular weight is 434 g/mol. The van der Waals surface area contributed by atoms with Gasteiger partial charge in [0.05, 0.1) is 7.11 Å². The highest BCUT2D eigenvalue weighted by Gasteiger charge is 2.36. The normalized spacial score (nSPS) is 19.0. The van der Waals surface area contributed by atoms with E-state index >= 15 is 4.39 Å². The molecule has 32 heavy (non-hydrogen) atoms. The van der Waals surface area contributed by atoms with Gasteiger partial charge in [-0.2, -0.15) is 0 Å². The molecule has 6 heteroatoms. The topological polar surface area (TPSA) is 74.2 Å². The van der Waals surface area contributed by atoms with E-state index in [2.05, 4.69) is 10.6 Å². The van der Waals surface area contributed by atoms with Crippen molar-refractivity contribution in [3.05, 3.63) is 95.7 Å². The standard InChI is InChI=1S/C26H28FN3O2/c1-26(27)15-8-7-14-22(26)21(17-29-2)23(28)25(31)24(18-10-5-4-6-11-18)30-19-12-9-13-20(16-19)32-3/h4-14,16-17,24,28-30H,15H2,1-3H3/b21-17-,28-23?. The molecule has 3 rings (SSSR count). The summed E-state index contributed by atoms with van der Waals surface area (Å²) in [5.41, 5.74) is -0.0230. The smallest absolute Gasteiger partial charge is 0.207 e. The Morgan fingerprint density at radius 3 is 2.62 bits per heavy atom. The largest absolute Gasteiger partial charge is 0.497 e. The Morgan fingerprint density at radius 2 is 1.97 bits per heavy atom. The van der Waals surface area contributed by atoms with Crippen molar-refractivity contribution in [2.45, 2.75) is 25.1 Å². The molecule has 2 atom stereocenters. The molecule has 0 radical (unpaired) electrons. The van der Waals surface area contributed by atoms with Crippen molar-refractivity contribution in [1.82, 2.24) is 5.32 Å². The van der Waals surface area contributed by atoms with Crippen LogP contribution in [0.1, 0.15) is 24.9 Å². The minimum absolute atomic E-state index is 0.186. The Labute approximate surface area is 188 Å². The van der Waals surface area contributed by atoms with Gasteiger partial charge in [0.2, 0.25) is 5.78 Å². The summed E-state index contributed by atoms with van der Waals surface area (Å²) >= 11 is 0. The number of Topliss-reactive ketones (excluding diaryl/α,β-unsaturated/α-hetero) is 1. The summed E-state index contributed by atoms with van der Waals surface area (Å²) in [5, 5.41) is 14.8. The number of carbonyl (C=O) groups is 1. The quantitative estimate of drug-likeness (QED) is 0.478. The van der Waals surface area contributed by atoms with Gasteiger partial charge in [0, 0.05) is 37.0 Å². The second-order valence-corrected chi connectivity index (χ2v) is 7.72. The number of ketones is 1. The fraction of sp³-hybridized carbons (Fsp3) is 0.231. The van der Waals surface area contributed by atoms with Crippen molar-refractivity contribution in [3.8, 4) is 5.75 Å². The average Bonchev–Trinajstić information content (AvgIpc) is 2.81. The van der Waals surface area contributed by atoms with Gasteiger partial charge in [0.1, 0.15) is 23.2 Å². The van der Waals surface area contributed by atoms with Crippen LogP contribution in [0.4, 0.5) is 10.1 Å². The van der Waals surface area contributed by atoms with E-state index < -0.39 is 17.5 Å². The molecule has 1 aliphatic carbocycles. The highest BCUT2D eigenvalue weighted by molar-refractivity contribution is 6.47. The Bertz CT molecular complexity index is 1070. The molecule has 0 aliphatic heterocycles. The van der Waals surface area contributed by atoms with Gasteiger partial charge in [0.25, 0.3) is 0 Å². The molecule has 0 fully saturated rings. The number of allylic oxidation sites excluding steroid dienone is 5. The zero-order valence-electron chi connectivity index (χ0n) is 18.5. The SMILES string of the molecule is CN/C=C(\C(=N)C(=O)C(Nc1cccc(OC)c1)c1ccccc1)C1=CC=CCC1(C)F. The van der Waals surface area contributed by atoms with Crippen LogP contribution in [-0.2, 0) is 4.79 Å². The lowest BCUT2D eigenvalue weighted by molar-refractivity contribution is -0.113. The number of halogens is 1. The number of carbonyl (C=O) groups excluding carboxylic acids is 1. The summed E-state index contributed by atoms with van der Waals surface area (Å²) in [4.78, 5) is 13.6. The zero-order valence-corrected chi connectivity index (χ0v) is 18.5. The minimum atomic E-state index is -1.67. The molecule has 0 bridgehead atoms. The number of hydrogen-bond acceptors (Lipinski definition) is 5. The van der Waals surface area contributed by atoms with Crippen LogP contribution in [0, 0.1) is 5.41 Å². The molecule has 166 valence electrons. The van der Waals surface area contributed by atoms with Crippen LogP contribution in [0.5, 0.6) is 5.75 Å². The molecular formula is C26H28FN3O2. The molecule has 0 saturated heterocycles. The van der Waals surface area contributed by atoms with Crippen LogP contribution in [0.25, 0.3) is 0 Å². The highest BCUT2D eigenvalue weighted by atomic mass is 19.1. The maximum Gasteiger partial charge on any atom is 0.207 e. The first-order valence-corrected chi connectivity index (χ1v) is 10.4. The first-order chi connectivity index (χ1) is 15.4. The van der Waals surface area contributed by atoms with Gasteiger partial charge < -0.3 is 15.4 Å². The Kier molecular flexibility index (Phi) is 7.25. The van der Waals surface area contributed by atoms with E-state index in [0.29, 0.717) is 22.6 Å². The lowest BCUT2D eigenvalue weighted by Crippen LogP contribution is -2.33. The number of hydrogen-bond donors (Lipinski definition) is 3. The third kappa shape index (κ3) is 5.14. The van der Waals surface area contributed by atoms with Gasteiger partial charge in [-0.15, -0.1) is 0 Å². The Morgan fingerprint density at radius 1 is 1.22 bits per heavy atom. The lowest BCUT2D eigenvalue weighted by Gasteiger charge is -2.28. The second kappa shape index (κ2) is 10.1. The van der Waals surface area contributed by atoms with Gasteiger partial charge in [-0.25, -0.2) is 4.39 Å². The molecule has 2 unspecified atom stereocenters. The van der Waals surface area contributed by atoms with Gasteiger partial charge >= 0.3 is 0 Å². The maximum atomic E-state index is 15.3. The summed E-state index contributed by atoms with van der Waals surface area (Å²) in [7, 11) is 3.24. The molecule has 0 heterocycles. The summed E-state index contributed by atoms with van der Waals surface area (Å²) < 4.78 is 20.5. The van der Waals surface area contributed by atoms with Gasteiger partial charge in [0.15, 0.2) is 0 Å². The molecule has 2 aromatic rings. The molecule has 5 nitrogen and oxygen atoms in total. The van der Waals surface area contributed by atoms with E-state index in [4.69, 9.17) is 10.1 Å². The van der Waals surface area contributed by atoms with Crippen LogP contribution in [-0.4, -0.2) is 31.3 Å². The first-order valence-electron chi connectivity index (χ1n) is 10.4. The van der Waals surface area contributed by atoms with Crippen molar-refractivity contribution in [2.24, 2.45) is 0 Å². The number of ether oxygens (including phenoxy) is 1. The third-order valence-corrected chi connectivity index (χ3v) is 5.33. The number of nitrogens with one attached hydrogen (secondary N) is 3. The molecular weight excluding hydrogens is 405 g/mol. The van der Waals surface area contributed by atoms with E-state index in [-0.39, 0.29) is 17.7 Å². The number of benzene rings is 2. The van der Waals surface area contributed by atoms with E-state index in [1.54, 1.807) is 38.5 Å². The fourth-order valence-corrected chi connectivity index (χ4v) is 3.64. The van der Waals surface area contributed by atoms with E-state index in [0.717, 1.165) is 0 Å². The summed E-state index contributed by atoms with van der Waals surface area (Å²) in [6.07, 6.45) is 6.81. The van der Waals surface area contributed by atoms with Gasteiger partial charge in [-0.1, -0.05) is 54.6 Å². The highest BCUT2D eigenvalue weighted by Crippen LogP contribution is 2.35. The van der Waals surface area contributed by atoms with Crippen molar-refractivity contribution in [2.75, 3.05) is 19.5 Å². The molecule has 0 aromatic heterocycles. The first kappa shape index (κ1) is 23.0. The molecule has 0 spiro atoms. The van der Waals surface area contributed by atoms with E-state index in [1.165, 1.54) is 13.1 Å². The molecule has 0 saturated carbocycles. The zero-order chi connectivity index (χ0) is 23.1. The predicted molar refractivity (Wildman–Crippen MR) is 127 cm³/mol. The van der Waals surface area contributed by atoms with Crippen molar-refractivity contribution in [3.63, 3.8) is 0 Å². The van der Waals surface area contributed by atoms with E-state index in [1.807, 2.05) is 48.5 Å². The molecule has 1 aliphatic rings. The summed E-state index contributed by atoms with van der Waals surface area (Å²) in [5.74, 6) is 0.180. The van der Waals surface area contributed by atoms with Crippen molar-refractivity contribution < 1.29 is 13.9 Å². The van der Waals surface area contributed by atoms with Gasteiger partial charge in [-0.3, -0.25) is 10.2 Å². The van der Waals surface area contributed by atoms with E-state index in [9.17, 15) is 4.79 Å². The van der Waals surface area contributed by atoms with Gasteiger partial charge in [-0.05, 0) is 30.2 Å². The number of methoxy groups -OCH3 is 1. The Balaban J connectivity index is 1.99. The monoisotopic (exact) mass is 433 g/mol. The van der Waals surface area contributed by atoms with Crippen LogP contribution in [0.2, 0.25) is 0 Å². The van der Waals surface area contributed by atoms with Crippen LogP contribution >= 0.6 is 0 Å². The predicted octanol–water partition coefficient (Wildman–Crippen LogP) is 5.16. The number of rotatable bonds is 9. The van der Waals surface area contributed by atoms with Crippen LogP contribution in [0.3, 0.4) is 0 Å². The van der Waals surface area contributed by atoms with Crippen molar-refractivity contribution >= 4 is 17.2 Å². The fourth-order valence-electron chi connectivity index (χ4n) is 3.64. The number of anilines is 1. The summed E-state index contributed by atoms with van der Waals surface area (Å²) in [6.45, 7) is 1.47. The minimum Gasteiger partial charge on any atom is -0.497 e. The maximum absolute atomic E-state index is 15.3. The Hall–Kier alpha value is -3.67. The van der Waals surface area contributed by atoms with Crippen LogP contribution < -0.4 is 15.4 Å².